The van der Waals surface area contributed by atoms with Crippen LogP contribution >= 0.6 is 0 Å². The highest BCUT2D eigenvalue weighted by molar-refractivity contribution is 5.95. The minimum absolute atomic E-state index is 0.184. The number of aromatic amines is 1. The molecule has 0 fully saturated rings. The van der Waals surface area contributed by atoms with Gasteiger partial charge in [0.1, 0.15) is 5.82 Å². The Labute approximate surface area is 99.8 Å². The van der Waals surface area contributed by atoms with E-state index in [4.69, 9.17) is 9.63 Å². The summed E-state index contributed by atoms with van der Waals surface area (Å²) in [5, 5.41) is 12.8. The number of carbonyl (C=O) groups is 1. The minimum Gasteiger partial charge on any atom is -0.476 e. The molecule has 3 aromatic rings. The molecule has 18 heavy (non-hydrogen) atoms. The topological polar surface area (TPSA) is 79.1 Å². The molecule has 90 valence electrons. The van der Waals surface area contributed by atoms with Crippen molar-refractivity contribution in [3.8, 4) is 11.3 Å². The second-order valence-electron chi connectivity index (χ2n) is 3.77. The van der Waals surface area contributed by atoms with E-state index in [0.29, 0.717) is 10.9 Å². The van der Waals surface area contributed by atoms with Crippen molar-refractivity contribution in [2.45, 2.75) is 0 Å². The average molecular weight is 246 g/mol. The molecule has 2 aromatic heterocycles. The fourth-order valence-corrected chi connectivity index (χ4v) is 1.80. The lowest BCUT2D eigenvalue weighted by Crippen LogP contribution is -1.94. The molecule has 0 unspecified atom stereocenters. The van der Waals surface area contributed by atoms with Crippen molar-refractivity contribution in [1.82, 2.24) is 10.1 Å². The molecule has 0 aliphatic rings. The fraction of sp³-hybridized carbons (Fsp3) is 0. The highest BCUT2D eigenvalue weighted by Crippen LogP contribution is 2.29. The van der Waals surface area contributed by atoms with Crippen LogP contribution < -0.4 is 0 Å². The van der Waals surface area contributed by atoms with Crippen LogP contribution in [0, 0.1) is 5.82 Å². The normalized spacial score (nSPS) is 10.9. The quantitative estimate of drug-likeness (QED) is 0.728. The first-order valence-corrected chi connectivity index (χ1v) is 5.12. The van der Waals surface area contributed by atoms with Gasteiger partial charge in [-0.1, -0.05) is 5.16 Å². The van der Waals surface area contributed by atoms with Crippen LogP contribution in [0.3, 0.4) is 0 Å². The van der Waals surface area contributed by atoms with Gasteiger partial charge in [-0.25, -0.2) is 9.18 Å². The summed E-state index contributed by atoms with van der Waals surface area (Å²) in [6, 6.07) is 5.59. The number of rotatable bonds is 2. The standard InChI is InChI=1S/C12H7FN2O3/c13-6-1-2-9-7(3-6)8(5-14-9)11-4-10(12(16)17)15-18-11/h1-5,14H,(H,16,17). The number of nitrogens with one attached hydrogen (secondary N) is 1. The Morgan fingerprint density at radius 1 is 1.39 bits per heavy atom. The van der Waals surface area contributed by atoms with Crippen LogP contribution in [0.4, 0.5) is 4.39 Å². The van der Waals surface area contributed by atoms with Gasteiger partial charge in [-0.2, -0.15) is 0 Å². The van der Waals surface area contributed by atoms with Crippen molar-refractivity contribution >= 4 is 16.9 Å². The molecular formula is C12H7FN2O3. The van der Waals surface area contributed by atoms with E-state index >= 15 is 0 Å². The molecule has 0 atom stereocenters. The summed E-state index contributed by atoms with van der Waals surface area (Å²) >= 11 is 0. The van der Waals surface area contributed by atoms with Gasteiger partial charge in [0.2, 0.25) is 0 Å². The Bertz CT molecular complexity index is 745. The van der Waals surface area contributed by atoms with E-state index in [1.54, 1.807) is 12.3 Å². The zero-order chi connectivity index (χ0) is 12.7. The van der Waals surface area contributed by atoms with E-state index < -0.39 is 5.97 Å². The van der Waals surface area contributed by atoms with Gasteiger partial charge < -0.3 is 14.6 Å². The molecular weight excluding hydrogens is 239 g/mol. The molecule has 0 aliphatic carbocycles. The number of hydrogen-bond donors (Lipinski definition) is 2. The highest BCUT2D eigenvalue weighted by atomic mass is 19.1. The number of halogens is 1. The fourth-order valence-electron chi connectivity index (χ4n) is 1.80. The molecule has 3 rings (SSSR count). The van der Waals surface area contributed by atoms with Crippen molar-refractivity contribution in [1.29, 1.82) is 0 Å². The van der Waals surface area contributed by atoms with E-state index in [1.807, 2.05) is 0 Å². The van der Waals surface area contributed by atoms with Crippen molar-refractivity contribution < 1.29 is 18.8 Å². The van der Waals surface area contributed by atoms with E-state index in [2.05, 4.69) is 10.1 Å². The number of aromatic nitrogens is 2. The molecule has 0 bridgehead atoms. The molecule has 0 amide bonds. The minimum atomic E-state index is -1.17. The third kappa shape index (κ3) is 1.55. The number of nitrogens with zero attached hydrogens (tertiary/aromatic N) is 1. The summed E-state index contributed by atoms with van der Waals surface area (Å²) in [6.45, 7) is 0. The summed E-state index contributed by atoms with van der Waals surface area (Å²) < 4.78 is 18.1. The first-order chi connectivity index (χ1) is 8.65. The van der Waals surface area contributed by atoms with Gasteiger partial charge >= 0.3 is 5.97 Å². The summed E-state index contributed by atoms with van der Waals surface area (Å²) in [5.41, 5.74) is 1.12. The number of carboxylic acid groups (broad SMARTS) is 1. The van der Waals surface area contributed by atoms with Crippen molar-refractivity contribution in [3.05, 3.63) is 42.0 Å². The van der Waals surface area contributed by atoms with Gasteiger partial charge in [-0.05, 0) is 18.2 Å². The lowest BCUT2D eigenvalue weighted by Gasteiger charge is -1.93. The number of benzene rings is 1. The maximum atomic E-state index is 13.2. The predicted octanol–water partition coefficient (Wildman–Crippen LogP) is 2.66. The number of hydrogen-bond acceptors (Lipinski definition) is 3. The Morgan fingerprint density at radius 3 is 2.94 bits per heavy atom. The second kappa shape index (κ2) is 3.69. The van der Waals surface area contributed by atoms with Crippen LogP contribution in [0.1, 0.15) is 10.5 Å². The third-order valence-corrected chi connectivity index (χ3v) is 2.64. The van der Waals surface area contributed by atoms with Gasteiger partial charge in [-0.15, -0.1) is 0 Å². The van der Waals surface area contributed by atoms with Crippen LogP contribution in [0.15, 0.2) is 35.0 Å². The molecule has 0 aliphatic heterocycles. The van der Waals surface area contributed by atoms with Gasteiger partial charge in [0.05, 0.1) is 0 Å². The van der Waals surface area contributed by atoms with E-state index in [0.717, 1.165) is 5.52 Å². The first kappa shape index (κ1) is 10.5. The maximum Gasteiger partial charge on any atom is 0.358 e. The number of aromatic carboxylic acids is 1. The van der Waals surface area contributed by atoms with Crippen molar-refractivity contribution in [3.63, 3.8) is 0 Å². The molecule has 5 nitrogen and oxygen atoms in total. The van der Waals surface area contributed by atoms with E-state index in [9.17, 15) is 9.18 Å². The highest BCUT2D eigenvalue weighted by Gasteiger charge is 2.15. The van der Waals surface area contributed by atoms with Gasteiger partial charge in [-0.3, -0.25) is 0 Å². The molecule has 0 saturated heterocycles. The summed E-state index contributed by atoms with van der Waals surface area (Å²) in [6.07, 6.45) is 1.62. The number of fused-ring (bicyclic) bond motifs is 1. The van der Waals surface area contributed by atoms with E-state index in [-0.39, 0.29) is 17.3 Å². The molecule has 1 aromatic carbocycles. The zero-order valence-corrected chi connectivity index (χ0v) is 8.98. The first-order valence-electron chi connectivity index (χ1n) is 5.12. The second-order valence-corrected chi connectivity index (χ2v) is 3.77. The Hall–Kier alpha value is -2.63. The Balaban J connectivity index is 2.18. The molecule has 6 heteroatoms. The SMILES string of the molecule is O=C(O)c1cc(-c2c[nH]c3ccc(F)cc23)on1. The Morgan fingerprint density at radius 2 is 2.22 bits per heavy atom. The van der Waals surface area contributed by atoms with Gasteiger partial charge in [0.25, 0.3) is 0 Å². The molecule has 0 saturated carbocycles. The van der Waals surface area contributed by atoms with Crippen LogP contribution in [0.5, 0.6) is 0 Å². The largest absolute Gasteiger partial charge is 0.476 e. The summed E-state index contributed by atoms with van der Waals surface area (Å²) in [4.78, 5) is 13.7. The number of carboxylic acids is 1. The molecule has 2 heterocycles. The van der Waals surface area contributed by atoms with Crippen molar-refractivity contribution in [2.24, 2.45) is 0 Å². The van der Waals surface area contributed by atoms with Crippen LogP contribution in [-0.2, 0) is 0 Å². The van der Waals surface area contributed by atoms with Crippen LogP contribution in [-0.4, -0.2) is 21.2 Å². The van der Waals surface area contributed by atoms with Crippen LogP contribution in [0.25, 0.3) is 22.2 Å². The predicted molar refractivity (Wildman–Crippen MR) is 60.7 cm³/mol. The molecule has 2 N–H and O–H groups in total. The van der Waals surface area contributed by atoms with Gasteiger partial charge in [0.15, 0.2) is 11.5 Å². The van der Waals surface area contributed by atoms with Crippen molar-refractivity contribution in [2.75, 3.05) is 0 Å². The molecule has 0 radical (unpaired) electrons. The third-order valence-electron chi connectivity index (χ3n) is 2.64. The Kier molecular flexibility index (Phi) is 2.16. The lowest BCUT2D eigenvalue weighted by atomic mass is 10.1. The summed E-state index contributed by atoms with van der Waals surface area (Å²) in [5.74, 6) is -1.26. The van der Waals surface area contributed by atoms with Gasteiger partial charge in [0, 0.05) is 28.7 Å². The maximum absolute atomic E-state index is 13.2. The lowest BCUT2D eigenvalue weighted by molar-refractivity contribution is 0.0686. The monoisotopic (exact) mass is 246 g/mol. The summed E-state index contributed by atoms with van der Waals surface area (Å²) in [7, 11) is 0. The molecule has 0 spiro atoms. The van der Waals surface area contributed by atoms with Crippen LogP contribution in [0.2, 0.25) is 0 Å². The average Bonchev–Trinajstić information content (AvgIpc) is 2.93. The number of H-pyrrole nitrogens is 1. The van der Waals surface area contributed by atoms with E-state index in [1.165, 1.54) is 18.2 Å². The smallest absolute Gasteiger partial charge is 0.358 e. The zero-order valence-electron chi connectivity index (χ0n) is 8.98.